The Morgan fingerprint density at radius 2 is 2.12 bits per heavy atom. The van der Waals surface area contributed by atoms with Crippen LogP contribution in [0.1, 0.15) is 32.8 Å². The number of urea groups is 1. The van der Waals surface area contributed by atoms with Gasteiger partial charge in [0.1, 0.15) is 0 Å². The van der Waals surface area contributed by atoms with Crippen LogP contribution in [0.4, 0.5) is 4.79 Å². The van der Waals surface area contributed by atoms with Crippen LogP contribution in [-0.4, -0.2) is 54.5 Å². The standard InChI is InChI=1S/C19H30N2O3/c1-15(22)11-17-13-24-10-9-21(17)18(23)20-14-19(2,3)12-16-7-5-4-6-8-16/h4-8,15,17,22H,9-14H2,1-3H3,(H,20,23)/t15-,17-/m0/s1. The fraction of sp³-hybridized carbons (Fsp3) is 0.632. The van der Waals surface area contributed by atoms with Gasteiger partial charge in [0.2, 0.25) is 0 Å². The smallest absolute Gasteiger partial charge is 0.317 e. The summed E-state index contributed by atoms with van der Waals surface area (Å²) in [6.07, 6.45) is 1.01. The molecule has 0 aliphatic carbocycles. The Labute approximate surface area is 145 Å². The molecule has 1 aliphatic heterocycles. The fourth-order valence-corrected chi connectivity index (χ4v) is 3.14. The maximum atomic E-state index is 12.6. The molecule has 2 N–H and O–H groups in total. The molecule has 24 heavy (non-hydrogen) atoms. The van der Waals surface area contributed by atoms with E-state index in [2.05, 4.69) is 31.3 Å². The van der Waals surface area contributed by atoms with E-state index in [9.17, 15) is 9.90 Å². The van der Waals surface area contributed by atoms with Gasteiger partial charge in [0.05, 0.1) is 25.4 Å². The van der Waals surface area contributed by atoms with Crippen molar-refractivity contribution in [1.82, 2.24) is 10.2 Å². The highest BCUT2D eigenvalue weighted by molar-refractivity contribution is 5.74. The topological polar surface area (TPSA) is 61.8 Å². The lowest BCUT2D eigenvalue weighted by atomic mass is 9.86. The molecule has 0 saturated carbocycles. The van der Waals surface area contributed by atoms with Gasteiger partial charge >= 0.3 is 6.03 Å². The molecular weight excluding hydrogens is 304 g/mol. The minimum Gasteiger partial charge on any atom is -0.393 e. The van der Waals surface area contributed by atoms with E-state index in [1.165, 1.54) is 5.56 Å². The molecule has 1 heterocycles. The number of morpholine rings is 1. The lowest BCUT2D eigenvalue weighted by molar-refractivity contribution is -0.00468. The Balaban J connectivity index is 1.88. The predicted molar refractivity (Wildman–Crippen MR) is 94.9 cm³/mol. The predicted octanol–water partition coefficient (Wildman–Crippen LogP) is 2.44. The Morgan fingerprint density at radius 1 is 1.42 bits per heavy atom. The van der Waals surface area contributed by atoms with Crippen LogP contribution in [-0.2, 0) is 11.2 Å². The molecule has 1 aromatic carbocycles. The van der Waals surface area contributed by atoms with E-state index >= 15 is 0 Å². The van der Waals surface area contributed by atoms with Crippen molar-refractivity contribution in [2.75, 3.05) is 26.3 Å². The molecule has 0 aromatic heterocycles. The van der Waals surface area contributed by atoms with E-state index in [4.69, 9.17) is 4.74 Å². The molecule has 0 unspecified atom stereocenters. The molecule has 2 amide bonds. The maximum absolute atomic E-state index is 12.6. The molecule has 2 atom stereocenters. The van der Waals surface area contributed by atoms with Crippen LogP contribution in [0.5, 0.6) is 0 Å². The lowest BCUT2D eigenvalue weighted by Crippen LogP contribution is -2.54. The van der Waals surface area contributed by atoms with Gasteiger partial charge in [-0.3, -0.25) is 0 Å². The molecular formula is C19H30N2O3. The number of hydrogen-bond donors (Lipinski definition) is 2. The SMILES string of the molecule is C[C@H](O)C[C@H]1COCCN1C(=O)NCC(C)(C)Cc1ccccc1. The number of nitrogens with zero attached hydrogens (tertiary/aromatic N) is 1. The first-order chi connectivity index (χ1) is 11.4. The van der Waals surface area contributed by atoms with Crippen molar-refractivity contribution in [2.24, 2.45) is 5.41 Å². The number of aliphatic hydroxyl groups excluding tert-OH is 1. The van der Waals surface area contributed by atoms with Gasteiger partial charge in [0.15, 0.2) is 0 Å². The fourth-order valence-electron chi connectivity index (χ4n) is 3.14. The molecule has 0 bridgehead atoms. The van der Waals surface area contributed by atoms with Crippen molar-refractivity contribution < 1.29 is 14.6 Å². The number of nitrogens with one attached hydrogen (secondary N) is 1. The van der Waals surface area contributed by atoms with Crippen LogP contribution in [0, 0.1) is 5.41 Å². The Hall–Kier alpha value is -1.59. The van der Waals surface area contributed by atoms with Gasteiger partial charge in [-0.2, -0.15) is 0 Å². The largest absolute Gasteiger partial charge is 0.393 e. The summed E-state index contributed by atoms with van der Waals surface area (Å²) in [6, 6.07) is 10.2. The van der Waals surface area contributed by atoms with Crippen LogP contribution in [0.25, 0.3) is 0 Å². The first-order valence-electron chi connectivity index (χ1n) is 8.71. The van der Waals surface area contributed by atoms with Crippen LogP contribution >= 0.6 is 0 Å². The second kappa shape index (κ2) is 8.49. The summed E-state index contributed by atoms with van der Waals surface area (Å²) in [7, 11) is 0. The third-order valence-corrected chi connectivity index (χ3v) is 4.35. The highest BCUT2D eigenvalue weighted by atomic mass is 16.5. The van der Waals surface area contributed by atoms with Gasteiger partial charge in [0, 0.05) is 13.1 Å². The summed E-state index contributed by atoms with van der Waals surface area (Å²) in [6.45, 7) is 8.29. The number of rotatable bonds is 6. The summed E-state index contributed by atoms with van der Waals surface area (Å²) in [4.78, 5) is 14.4. The zero-order valence-electron chi connectivity index (χ0n) is 15.0. The number of carbonyl (C=O) groups is 1. The molecule has 1 aromatic rings. The van der Waals surface area contributed by atoms with Crippen molar-refractivity contribution in [3.05, 3.63) is 35.9 Å². The summed E-state index contributed by atoms with van der Waals surface area (Å²) in [5.41, 5.74) is 1.25. The number of aliphatic hydroxyl groups is 1. The zero-order valence-corrected chi connectivity index (χ0v) is 15.0. The highest BCUT2D eigenvalue weighted by Crippen LogP contribution is 2.21. The van der Waals surface area contributed by atoms with E-state index in [1.807, 2.05) is 18.2 Å². The minimum atomic E-state index is -0.443. The monoisotopic (exact) mass is 334 g/mol. The van der Waals surface area contributed by atoms with E-state index in [1.54, 1.807) is 11.8 Å². The first-order valence-corrected chi connectivity index (χ1v) is 8.71. The zero-order chi connectivity index (χ0) is 17.6. The van der Waals surface area contributed by atoms with E-state index in [0.717, 1.165) is 6.42 Å². The molecule has 1 saturated heterocycles. The van der Waals surface area contributed by atoms with Crippen molar-refractivity contribution in [3.63, 3.8) is 0 Å². The number of hydrogen-bond acceptors (Lipinski definition) is 3. The van der Waals surface area contributed by atoms with Crippen LogP contribution in [0.3, 0.4) is 0 Å². The third kappa shape index (κ3) is 5.80. The molecule has 134 valence electrons. The van der Waals surface area contributed by atoms with Gasteiger partial charge < -0.3 is 20.1 Å². The quantitative estimate of drug-likeness (QED) is 0.840. The molecule has 5 heteroatoms. The third-order valence-electron chi connectivity index (χ3n) is 4.35. The van der Waals surface area contributed by atoms with E-state index < -0.39 is 6.10 Å². The van der Waals surface area contributed by atoms with Crippen molar-refractivity contribution in [2.45, 2.75) is 45.8 Å². The first kappa shape index (κ1) is 18.7. The van der Waals surface area contributed by atoms with Crippen LogP contribution in [0.2, 0.25) is 0 Å². The molecule has 0 spiro atoms. The summed E-state index contributed by atoms with van der Waals surface area (Å²) in [5, 5.41) is 12.7. The molecule has 1 aliphatic rings. The van der Waals surface area contributed by atoms with Gasteiger partial charge in [-0.05, 0) is 30.7 Å². The normalized spacial score (nSPS) is 19.8. The summed E-state index contributed by atoms with van der Waals surface area (Å²) < 4.78 is 5.46. The second-order valence-corrected chi connectivity index (χ2v) is 7.49. The molecule has 5 nitrogen and oxygen atoms in total. The number of ether oxygens (including phenoxy) is 1. The number of amides is 2. The van der Waals surface area contributed by atoms with Crippen LogP contribution < -0.4 is 5.32 Å². The number of carbonyl (C=O) groups excluding carboxylic acids is 1. The van der Waals surface area contributed by atoms with Gasteiger partial charge in [-0.1, -0.05) is 44.2 Å². The van der Waals surface area contributed by atoms with Gasteiger partial charge in [0.25, 0.3) is 0 Å². The average molecular weight is 334 g/mol. The van der Waals surface area contributed by atoms with E-state index in [0.29, 0.717) is 32.7 Å². The van der Waals surface area contributed by atoms with Crippen LogP contribution in [0.15, 0.2) is 30.3 Å². The highest BCUT2D eigenvalue weighted by Gasteiger charge is 2.29. The summed E-state index contributed by atoms with van der Waals surface area (Å²) in [5.74, 6) is 0. The van der Waals surface area contributed by atoms with Crippen molar-refractivity contribution in [1.29, 1.82) is 0 Å². The molecule has 1 fully saturated rings. The minimum absolute atomic E-state index is 0.0247. The van der Waals surface area contributed by atoms with Gasteiger partial charge in [-0.15, -0.1) is 0 Å². The number of benzene rings is 1. The lowest BCUT2D eigenvalue weighted by Gasteiger charge is -2.37. The van der Waals surface area contributed by atoms with E-state index in [-0.39, 0.29) is 17.5 Å². The maximum Gasteiger partial charge on any atom is 0.317 e. The molecule has 2 rings (SSSR count). The Bertz CT molecular complexity index is 517. The Morgan fingerprint density at radius 3 is 2.79 bits per heavy atom. The average Bonchev–Trinajstić information content (AvgIpc) is 2.53. The Kier molecular flexibility index (Phi) is 6.63. The van der Waals surface area contributed by atoms with Gasteiger partial charge in [-0.25, -0.2) is 4.79 Å². The summed E-state index contributed by atoms with van der Waals surface area (Å²) >= 11 is 0. The molecule has 0 radical (unpaired) electrons. The van der Waals surface area contributed by atoms with Crippen molar-refractivity contribution >= 4 is 6.03 Å². The second-order valence-electron chi connectivity index (χ2n) is 7.49. The van der Waals surface area contributed by atoms with Crippen molar-refractivity contribution in [3.8, 4) is 0 Å².